The van der Waals surface area contributed by atoms with Crippen molar-refractivity contribution < 1.29 is 9.47 Å². The van der Waals surface area contributed by atoms with Gasteiger partial charge < -0.3 is 14.0 Å². The molecule has 0 saturated carbocycles. The Labute approximate surface area is 151 Å². The normalized spacial score (nSPS) is 23.9. The number of aryl methyl sites for hydroxylation is 1. The second-order valence-electron chi connectivity index (χ2n) is 8.05. The fourth-order valence-corrected chi connectivity index (χ4v) is 3.28. The molecule has 0 radical (unpaired) electrons. The summed E-state index contributed by atoms with van der Waals surface area (Å²) in [6.45, 7) is 10.2. The first kappa shape index (κ1) is 18.2. The van der Waals surface area contributed by atoms with E-state index in [1.54, 1.807) is 6.20 Å². The lowest BCUT2D eigenvalue weighted by molar-refractivity contribution is -0.182. The Morgan fingerprint density at radius 3 is 2.56 bits per heavy atom. The molecule has 2 atom stereocenters. The van der Waals surface area contributed by atoms with E-state index in [4.69, 9.17) is 9.47 Å². The highest BCUT2D eigenvalue weighted by Crippen LogP contribution is 2.32. The van der Waals surface area contributed by atoms with Gasteiger partial charge in [0.2, 0.25) is 0 Å². The molecule has 0 bridgehead atoms. The van der Waals surface area contributed by atoms with E-state index in [1.165, 1.54) is 11.1 Å². The number of benzene rings is 1. The number of hydrogen-bond donors (Lipinski definition) is 0. The predicted molar refractivity (Wildman–Crippen MR) is 99.5 cm³/mol. The van der Waals surface area contributed by atoms with Crippen LogP contribution >= 0.6 is 0 Å². The molecular weight excluding hydrogens is 312 g/mol. The minimum Gasteiger partial charge on any atom is -0.345 e. The fraction of sp³-hybridized carbons (Fsp3) is 0.571. The van der Waals surface area contributed by atoms with Crippen LogP contribution in [0.15, 0.2) is 43.0 Å². The topological polar surface area (TPSA) is 36.3 Å². The molecule has 1 aromatic carbocycles. The van der Waals surface area contributed by atoms with Crippen molar-refractivity contribution in [1.29, 1.82) is 0 Å². The zero-order chi connectivity index (χ0) is 17.9. The molecule has 0 amide bonds. The predicted octanol–water partition coefficient (Wildman–Crippen LogP) is 4.34. The molecule has 4 nitrogen and oxygen atoms in total. The molecule has 2 heterocycles. The van der Waals surface area contributed by atoms with Crippen LogP contribution in [0.3, 0.4) is 0 Å². The highest BCUT2D eigenvalue weighted by atomic mass is 16.7. The molecular formula is C21H30N2O2. The van der Waals surface area contributed by atoms with Gasteiger partial charge in [0.25, 0.3) is 0 Å². The van der Waals surface area contributed by atoms with Gasteiger partial charge in [-0.15, -0.1) is 0 Å². The van der Waals surface area contributed by atoms with Gasteiger partial charge in [0.15, 0.2) is 5.79 Å². The van der Waals surface area contributed by atoms with Crippen molar-refractivity contribution in [3.05, 3.63) is 54.1 Å². The summed E-state index contributed by atoms with van der Waals surface area (Å²) in [5, 5.41) is 0. The zero-order valence-corrected chi connectivity index (χ0v) is 15.9. The number of hydrogen-bond acceptors (Lipinski definition) is 3. The van der Waals surface area contributed by atoms with Crippen molar-refractivity contribution in [2.75, 3.05) is 6.61 Å². The Kier molecular flexibility index (Phi) is 5.30. The average Bonchev–Trinajstić information content (AvgIpc) is 3.23. The minimum absolute atomic E-state index is 0.187. The Morgan fingerprint density at radius 1 is 1.24 bits per heavy atom. The molecule has 0 spiro atoms. The first-order valence-electron chi connectivity index (χ1n) is 9.27. The highest BCUT2D eigenvalue weighted by Gasteiger charge is 2.40. The molecule has 25 heavy (non-hydrogen) atoms. The SMILES string of the molecule is CCC1COC(CCc2ccc(C(C)(C)C)cc2)(Cn2ccnc2)O1. The van der Waals surface area contributed by atoms with Gasteiger partial charge in [-0.05, 0) is 29.4 Å². The quantitative estimate of drug-likeness (QED) is 0.784. The molecule has 3 rings (SSSR count). The second kappa shape index (κ2) is 7.30. The summed E-state index contributed by atoms with van der Waals surface area (Å²) in [7, 11) is 0. The van der Waals surface area contributed by atoms with E-state index in [1.807, 2.05) is 17.1 Å². The van der Waals surface area contributed by atoms with Crippen LogP contribution in [0.5, 0.6) is 0 Å². The van der Waals surface area contributed by atoms with Gasteiger partial charge in [0.1, 0.15) is 0 Å². The van der Waals surface area contributed by atoms with Crippen LogP contribution in [-0.2, 0) is 27.9 Å². The van der Waals surface area contributed by atoms with E-state index in [9.17, 15) is 0 Å². The van der Waals surface area contributed by atoms with E-state index in [0.29, 0.717) is 13.2 Å². The van der Waals surface area contributed by atoms with Crippen molar-refractivity contribution in [2.45, 2.75) is 70.8 Å². The van der Waals surface area contributed by atoms with Crippen molar-refractivity contribution in [3.63, 3.8) is 0 Å². The molecule has 2 aromatic rings. The molecule has 1 aliphatic rings. The highest BCUT2D eigenvalue weighted by molar-refractivity contribution is 5.27. The summed E-state index contributed by atoms with van der Waals surface area (Å²) in [6.07, 6.45) is 8.54. The molecule has 1 saturated heterocycles. The van der Waals surface area contributed by atoms with Gasteiger partial charge in [-0.2, -0.15) is 0 Å². The number of ether oxygens (including phenoxy) is 2. The first-order valence-corrected chi connectivity index (χ1v) is 9.27. The second-order valence-corrected chi connectivity index (χ2v) is 8.05. The van der Waals surface area contributed by atoms with Crippen LogP contribution in [-0.4, -0.2) is 28.0 Å². The summed E-state index contributed by atoms with van der Waals surface area (Å²) in [6, 6.07) is 8.95. The minimum atomic E-state index is -0.552. The van der Waals surface area contributed by atoms with E-state index in [0.717, 1.165) is 19.3 Å². The van der Waals surface area contributed by atoms with Crippen LogP contribution in [0.4, 0.5) is 0 Å². The van der Waals surface area contributed by atoms with Crippen molar-refractivity contribution in [1.82, 2.24) is 9.55 Å². The summed E-state index contributed by atoms with van der Waals surface area (Å²) < 4.78 is 14.5. The fourth-order valence-electron chi connectivity index (χ4n) is 3.28. The van der Waals surface area contributed by atoms with Crippen LogP contribution in [0.1, 0.15) is 51.7 Å². The molecule has 0 aliphatic carbocycles. The monoisotopic (exact) mass is 342 g/mol. The van der Waals surface area contributed by atoms with E-state index in [-0.39, 0.29) is 11.5 Å². The Hall–Kier alpha value is -1.65. The number of imidazole rings is 1. The summed E-state index contributed by atoms with van der Waals surface area (Å²) >= 11 is 0. The maximum Gasteiger partial charge on any atom is 0.187 e. The Balaban J connectivity index is 1.68. The lowest BCUT2D eigenvalue weighted by Gasteiger charge is -2.29. The van der Waals surface area contributed by atoms with Gasteiger partial charge in [-0.3, -0.25) is 0 Å². The number of aromatic nitrogens is 2. The molecule has 1 fully saturated rings. The van der Waals surface area contributed by atoms with Crippen LogP contribution in [0.25, 0.3) is 0 Å². The maximum absolute atomic E-state index is 6.30. The molecule has 1 aliphatic heterocycles. The van der Waals surface area contributed by atoms with Gasteiger partial charge in [-0.1, -0.05) is 52.0 Å². The van der Waals surface area contributed by atoms with E-state index < -0.39 is 5.79 Å². The van der Waals surface area contributed by atoms with Gasteiger partial charge >= 0.3 is 0 Å². The van der Waals surface area contributed by atoms with Crippen molar-refractivity contribution in [3.8, 4) is 0 Å². The number of rotatable bonds is 6. The standard InChI is InChI=1S/C21H30N2O2/c1-5-19-14-24-21(25-19,15-23-13-12-22-16-23)11-10-17-6-8-18(9-7-17)20(2,3)4/h6-9,12-13,16,19H,5,10-11,14-15H2,1-4H3. The first-order chi connectivity index (χ1) is 11.9. The third-order valence-electron chi connectivity index (χ3n) is 4.97. The lowest BCUT2D eigenvalue weighted by Crippen LogP contribution is -2.36. The van der Waals surface area contributed by atoms with Crippen LogP contribution < -0.4 is 0 Å². The third kappa shape index (κ3) is 4.50. The smallest absolute Gasteiger partial charge is 0.187 e. The molecule has 136 valence electrons. The van der Waals surface area contributed by atoms with Gasteiger partial charge in [0, 0.05) is 18.8 Å². The number of nitrogens with zero attached hydrogens (tertiary/aromatic N) is 2. The molecule has 1 aromatic heterocycles. The van der Waals surface area contributed by atoms with Crippen LogP contribution in [0.2, 0.25) is 0 Å². The Bertz CT molecular complexity index is 658. The summed E-state index contributed by atoms with van der Waals surface area (Å²) in [5.41, 5.74) is 2.88. The summed E-state index contributed by atoms with van der Waals surface area (Å²) in [5.74, 6) is -0.552. The third-order valence-corrected chi connectivity index (χ3v) is 4.97. The maximum atomic E-state index is 6.30. The molecule has 2 unspecified atom stereocenters. The van der Waals surface area contributed by atoms with Crippen LogP contribution in [0, 0.1) is 0 Å². The summed E-state index contributed by atoms with van der Waals surface area (Å²) in [4.78, 5) is 4.14. The van der Waals surface area contributed by atoms with Gasteiger partial charge in [-0.25, -0.2) is 4.98 Å². The molecule has 0 N–H and O–H groups in total. The van der Waals surface area contributed by atoms with Crippen molar-refractivity contribution >= 4 is 0 Å². The van der Waals surface area contributed by atoms with Crippen molar-refractivity contribution in [2.24, 2.45) is 0 Å². The van der Waals surface area contributed by atoms with E-state index >= 15 is 0 Å². The Morgan fingerprint density at radius 2 is 2.00 bits per heavy atom. The molecule has 4 heteroatoms. The van der Waals surface area contributed by atoms with Gasteiger partial charge in [0.05, 0.1) is 25.6 Å². The largest absolute Gasteiger partial charge is 0.345 e. The zero-order valence-electron chi connectivity index (χ0n) is 15.9. The lowest BCUT2D eigenvalue weighted by atomic mass is 9.86. The van der Waals surface area contributed by atoms with E-state index in [2.05, 4.69) is 56.9 Å². The average molecular weight is 342 g/mol.